The summed E-state index contributed by atoms with van der Waals surface area (Å²) >= 11 is 0. The number of amides is 2. The molecule has 24 heavy (non-hydrogen) atoms. The second kappa shape index (κ2) is 6.47. The molecule has 0 fully saturated rings. The number of hydrogen-bond donors (Lipinski definition) is 1. The summed E-state index contributed by atoms with van der Waals surface area (Å²) in [5.74, 6) is 0.309. The summed E-state index contributed by atoms with van der Waals surface area (Å²) in [4.78, 5) is 30.5. The van der Waals surface area contributed by atoms with E-state index in [1.807, 2.05) is 53.6 Å². The van der Waals surface area contributed by atoms with Crippen molar-refractivity contribution >= 4 is 11.8 Å². The van der Waals surface area contributed by atoms with E-state index in [0.29, 0.717) is 31.7 Å². The van der Waals surface area contributed by atoms with E-state index >= 15 is 0 Å². The first-order chi connectivity index (χ1) is 11.5. The summed E-state index contributed by atoms with van der Waals surface area (Å²) in [5, 5.41) is 0. The number of hydrogen-bond acceptors (Lipinski definition) is 3. The van der Waals surface area contributed by atoms with Crippen molar-refractivity contribution in [3.05, 3.63) is 41.7 Å². The molecule has 1 aromatic carbocycles. The van der Waals surface area contributed by atoms with Gasteiger partial charge in [-0.1, -0.05) is 44.2 Å². The van der Waals surface area contributed by atoms with Gasteiger partial charge in [-0.25, -0.2) is 4.98 Å². The van der Waals surface area contributed by atoms with Crippen molar-refractivity contribution in [2.45, 2.75) is 26.8 Å². The zero-order valence-corrected chi connectivity index (χ0v) is 14.0. The van der Waals surface area contributed by atoms with Gasteiger partial charge in [0.15, 0.2) is 0 Å². The van der Waals surface area contributed by atoms with Crippen molar-refractivity contribution in [2.24, 2.45) is 11.7 Å². The normalized spacial score (nSPS) is 14.4. The van der Waals surface area contributed by atoms with Gasteiger partial charge in [0.25, 0.3) is 5.91 Å². The third kappa shape index (κ3) is 2.91. The average molecular weight is 326 g/mol. The lowest BCUT2D eigenvalue weighted by atomic mass is 10.1. The third-order valence-electron chi connectivity index (χ3n) is 4.36. The molecule has 1 aliphatic rings. The molecule has 0 atom stereocenters. The minimum atomic E-state index is -0.524. The molecular weight excluding hydrogens is 304 g/mol. The lowest BCUT2D eigenvalue weighted by Gasteiger charge is -2.22. The SMILES string of the molecule is CC(C)C(=O)N1CCc2c(C(N)=O)nc(-c3ccccc3)n2CC1. The molecule has 2 aromatic rings. The Kier molecular flexibility index (Phi) is 4.38. The second-order valence-corrected chi connectivity index (χ2v) is 6.34. The van der Waals surface area contributed by atoms with E-state index in [2.05, 4.69) is 4.98 Å². The van der Waals surface area contributed by atoms with Crippen LogP contribution in [-0.4, -0.2) is 39.4 Å². The lowest BCUT2D eigenvalue weighted by molar-refractivity contribution is -0.134. The van der Waals surface area contributed by atoms with Crippen molar-refractivity contribution in [3.63, 3.8) is 0 Å². The number of nitrogens with zero attached hydrogens (tertiary/aromatic N) is 3. The number of rotatable bonds is 3. The van der Waals surface area contributed by atoms with Crippen LogP contribution in [0.2, 0.25) is 0 Å². The Morgan fingerprint density at radius 2 is 1.83 bits per heavy atom. The molecule has 0 unspecified atom stereocenters. The van der Waals surface area contributed by atoms with Crippen LogP contribution >= 0.6 is 0 Å². The summed E-state index contributed by atoms with van der Waals surface area (Å²) in [6.07, 6.45) is 0.580. The number of carbonyl (C=O) groups excluding carboxylic acids is 2. The Morgan fingerprint density at radius 3 is 2.46 bits per heavy atom. The van der Waals surface area contributed by atoms with Crippen LogP contribution in [0.1, 0.15) is 30.0 Å². The number of aromatic nitrogens is 2. The number of primary amides is 1. The standard InChI is InChI=1S/C18H22N4O2/c1-12(2)18(24)21-9-8-14-15(16(19)23)20-17(22(14)11-10-21)13-6-4-3-5-7-13/h3-7,12H,8-11H2,1-2H3,(H2,19,23). The highest BCUT2D eigenvalue weighted by atomic mass is 16.2. The van der Waals surface area contributed by atoms with Crippen LogP contribution in [0.4, 0.5) is 0 Å². The highest BCUT2D eigenvalue weighted by Gasteiger charge is 2.27. The Morgan fingerprint density at radius 1 is 1.12 bits per heavy atom. The number of carbonyl (C=O) groups is 2. The zero-order valence-electron chi connectivity index (χ0n) is 14.0. The van der Waals surface area contributed by atoms with Gasteiger partial charge >= 0.3 is 0 Å². The van der Waals surface area contributed by atoms with Crippen molar-refractivity contribution in [1.82, 2.24) is 14.5 Å². The van der Waals surface area contributed by atoms with Gasteiger partial charge in [0.05, 0.1) is 5.69 Å². The fourth-order valence-corrected chi connectivity index (χ4v) is 3.14. The van der Waals surface area contributed by atoms with Gasteiger partial charge in [-0.05, 0) is 0 Å². The van der Waals surface area contributed by atoms with Gasteiger partial charge in [0, 0.05) is 37.5 Å². The predicted octanol–water partition coefficient (Wildman–Crippen LogP) is 1.69. The van der Waals surface area contributed by atoms with E-state index in [-0.39, 0.29) is 11.8 Å². The van der Waals surface area contributed by atoms with Crippen molar-refractivity contribution in [2.75, 3.05) is 13.1 Å². The number of imidazole rings is 1. The first-order valence-electron chi connectivity index (χ1n) is 8.22. The zero-order chi connectivity index (χ0) is 17.3. The molecule has 0 spiro atoms. The molecule has 6 heteroatoms. The predicted molar refractivity (Wildman–Crippen MR) is 91.3 cm³/mol. The molecule has 1 aromatic heterocycles. The second-order valence-electron chi connectivity index (χ2n) is 6.34. The maximum Gasteiger partial charge on any atom is 0.269 e. The average Bonchev–Trinajstić information content (AvgIpc) is 2.80. The molecule has 1 aliphatic heterocycles. The van der Waals surface area contributed by atoms with E-state index in [0.717, 1.165) is 17.1 Å². The van der Waals surface area contributed by atoms with Gasteiger partial charge in [0.2, 0.25) is 5.91 Å². The van der Waals surface area contributed by atoms with Crippen LogP contribution in [0.3, 0.4) is 0 Å². The minimum Gasteiger partial charge on any atom is -0.364 e. The van der Waals surface area contributed by atoms with Crippen molar-refractivity contribution in [3.8, 4) is 11.4 Å². The number of benzene rings is 1. The van der Waals surface area contributed by atoms with Crippen LogP contribution in [-0.2, 0) is 17.8 Å². The molecular formula is C18H22N4O2. The van der Waals surface area contributed by atoms with E-state index in [1.54, 1.807) is 0 Å². The molecule has 0 radical (unpaired) electrons. The topological polar surface area (TPSA) is 81.2 Å². The number of nitrogens with two attached hydrogens (primary N) is 1. The Bertz CT molecular complexity index is 765. The van der Waals surface area contributed by atoms with Gasteiger partial charge < -0.3 is 15.2 Å². The summed E-state index contributed by atoms with van der Waals surface area (Å²) in [6.45, 7) is 5.60. The molecule has 2 amide bonds. The van der Waals surface area contributed by atoms with Crippen LogP contribution in [0.15, 0.2) is 30.3 Å². The fraction of sp³-hybridized carbons (Fsp3) is 0.389. The van der Waals surface area contributed by atoms with E-state index in [1.165, 1.54) is 0 Å². The van der Waals surface area contributed by atoms with E-state index in [9.17, 15) is 9.59 Å². The molecule has 2 heterocycles. The van der Waals surface area contributed by atoms with Gasteiger partial charge in [-0.3, -0.25) is 9.59 Å². The first kappa shape index (κ1) is 16.2. The van der Waals surface area contributed by atoms with E-state index in [4.69, 9.17) is 5.73 Å². The highest BCUT2D eigenvalue weighted by molar-refractivity contribution is 5.93. The van der Waals surface area contributed by atoms with Gasteiger partial charge in [-0.2, -0.15) is 0 Å². The summed E-state index contributed by atoms with van der Waals surface area (Å²) in [7, 11) is 0. The molecule has 0 saturated heterocycles. The molecule has 0 bridgehead atoms. The molecule has 126 valence electrons. The van der Waals surface area contributed by atoms with Crippen LogP contribution in [0.25, 0.3) is 11.4 Å². The first-order valence-corrected chi connectivity index (χ1v) is 8.22. The van der Waals surface area contributed by atoms with Crippen molar-refractivity contribution in [1.29, 1.82) is 0 Å². The van der Waals surface area contributed by atoms with Gasteiger partial charge in [0.1, 0.15) is 11.5 Å². The van der Waals surface area contributed by atoms with Crippen LogP contribution in [0, 0.1) is 5.92 Å². The summed E-state index contributed by atoms with van der Waals surface area (Å²) < 4.78 is 2.03. The quantitative estimate of drug-likeness (QED) is 0.932. The van der Waals surface area contributed by atoms with Gasteiger partial charge in [-0.15, -0.1) is 0 Å². The Hall–Kier alpha value is -2.63. The molecule has 6 nitrogen and oxygen atoms in total. The monoisotopic (exact) mass is 326 g/mol. The minimum absolute atomic E-state index is 0.0372. The highest BCUT2D eigenvalue weighted by Crippen LogP contribution is 2.25. The molecule has 3 rings (SSSR count). The molecule has 2 N–H and O–H groups in total. The largest absolute Gasteiger partial charge is 0.364 e. The van der Waals surface area contributed by atoms with Crippen LogP contribution in [0.5, 0.6) is 0 Å². The lowest BCUT2D eigenvalue weighted by Crippen LogP contribution is -2.36. The molecule has 0 saturated carbocycles. The Balaban J connectivity index is 2.00. The molecule has 0 aliphatic carbocycles. The smallest absolute Gasteiger partial charge is 0.269 e. The summed E-state index contributed by atoms with van der Waals surface area (Å²) in [5.41, 5.74) is 7.60. The van der Waals surface area contributed by atoms with Crippen molar-refractivity contribution < 1.29 is 9.59 Å². The number of fused-ring (bicyclic) bond motifs is 1. The maximum absolute atomic E-state index is 12.3. The third-order valence-corrected chi connectivity index (χ3v) is 4.36. The maximum atomic E-state index is 12.3. The Labute approximate surface area is 141 Å². The fourth-order valence-electron chi connectivity index (χ4n) is 3.14. The van der Waals surface area contributed by atoms with Crippen LogP contribution < -0.4 is 5.73 Å². The van der Waals surface area contributed by atoms with E-state index < -0.39 is 5.91 Å². The summed E-state index contributed by atoms with van der Waals surface area (Å²) in [6, 6.07) is 9.73.